The van der Waals surface area contributed by atoms with Crippen molar-refractivity contribution in [2.45, 2.75) is 33.1 Å². The zero-order chi connectivity index (χ0) is 9.40. The first kappa shape index (κ1) is 11.8. The van der Waals surface area contributed by atoms with Crippen LogP contribution in [-0.4, -0.2) is 22.6 Å². The molecule has 0 aliphatic rings. The molecule has 1 N–H and O–H groups in total. The van der Waals surface area contributed by atoms with Crippen LogP contribution in [0.3, 0.4) is 0 Å². The molecule has 0 aliphatic heterocycles. The summed E-state index contributed by atoms with van der Waals surface area (Å²) in [6.07, 6.45) is 3.71. The third-order valence-corrected chi connectivity index (χ3v) is 2.99. The SMILES string of the molecule is CCCCCSCC(C)C(=O)O. The van der Waals surface area contributed by atoms with E-state index in [1.165, 1.54) is 19.3 Å². The predicted octanol–water partition coefficient (Wildman–Crippen LogP) is 2.63. The number of carbonyl (C=O) groups is 1. The summed E-state index contributed by atoms with van der Waals surface area (Å²) >= 11 is 1.75. The lowest BCUT2D eigenvalue weighted by atomic mass is 10.2. The van der Waals surface area contributed by atoms with E-state index in [1.54, 1.807) is 18.7 Å². The molecule has 2 nitrogen and oxygen atoms in total. The van der Waals surface area contributed by atoms with Crippen LogP contribution in [0.15, 0.2) is 0 Å². The van der Waals surface area contributed by atoms with Crippen LogP contribution < -0.4 is 0 Å². The van der Waals surface area contributed by atoms with E-state index in [4.69, 9.17) is 5.11 Å². The molecule has 0 spiro atoms. The quantitative estimate of drug-likeness (QED) is 0.627. The van der Waals surface area contributed by atoms with Gasteiger partial charge in [0, 0.05) is 5.75 Å². The van der Waals surface area contributed by atoms with Gasteiger partial charge in [-0.2, -0.15) is 11.8 Å². The normalized spacial score (nSPS) is 12.8. The third kappa shape index (κ3) is 6.53. The van der Waals surface area contributed by atoms with Gasteiger partial charge in [0.25, 0.3) is 0 Å². The van der Waals surface area contributed by atoms with Crippen molar-refractivity contribution in [3.63, 3.8) is 0 Å². The lowest BCUT2D eigenvalue weighted by molar-refractivity contribution is -0.140. The Morgan fingerprint density at radius 1 is 1.50 bits per heavy atom. The molecule has 0 aromatic rings. The van der Waals surface area contributed by atoms with Gasteiger partial charge < -0.3 is 5.11 Å². The molecule has 0 bridgehead atoms. The van der Waals surface area contributed by atoms with E-state index in [0.717, 1.165) is 11.5 Å². The van der Waals surface area contributed by atoms with Crippen molar-refractivity contribution in [2.75, 3.05) is 11.5 Å². The van der Waals surface area contributed by atoms with Gasteiger partial charge >= 0.3 is 5.97 Å². The molecule has 1 atom stereocenters. The maximum Gasteiger partial charge on any atom is 0.307 e. The molecule has 0 rings (SSSR count). The summed E-state index contributed by atoms with van der Waals surface area (Å²) in [6.45, 7) is 3.93. The van der Waals surface area contributed by atoms with E-state index >= 15 is 0 Å². The fraction of sp³-hybridized carbons (Fsp3) is 0.889. The Morgan fingerprint density at radius 3 is 2.67 bits per heavy atom. The summed E-state index contributed by atoms with van der Waals surface area (Å²) in [5.41, 5.74) is 0. The van der Waals surface area contributed by atoms with E-state index in [0.29, 0.717) is 0 Å². The van der Waals surface area contributed by atoms with Crippen LogP contribution in [0.25, 0.3) is 0 Å². The molecule has 0 aromatic heterocycles. The van der Waals surface area contributed by atoms with Crippen molar-refractivity contribution < 1.29 is 9.90 Å². The number of hydrogen-bond donors (Lipinski definition) is 1. The van der Waals surface area contributed by atoms with E-state index in [9.17, 15) is 4.79 Å². The van der Waals surface area contributed by atoms with Gasteiger partial charge in [-0.3, -0.25) is 4.79 Å². The van der Waals surface area contributed by atoms with Crippen LogP contribution >= 0.6 is 11.8 Å². The second-order valence-corrected chi connectivity index (χ2v) is 4.17. The highest BCUT2D eigenvalue weighted by molar-refractivity contribution is 7.99. The van der Waals surface area contributed by atoms with Crippen LogP contribution in [0.1, 0.15) is 33.1 Å². The standard InChI is InChI=1S/C9H18O2S/c1-3-4-5-6-12-7-8(2)9(10)11/h8H,3-7H2,1-2H3,(H,10,11). The van der Waals surface area contributed by atoms with Gasteiger partial charge in [0.1, 0.15) is 0 Å². The van der Waals surface area contributed by atoms with Gasteiger partial charge in [0.2, 0.25) is 0 Å². The molecule has 0 amide bonds. The van der Waals surface area contributed by atoms with Crippen LogP contribution in [0.5, 0.6) is 0 Å². The molecule has 1 unspecified atom stereocenters. The van der Waals surface area contributed by atoms with Gasteiger partial charge in [-0.15, -0.1) is 0 Å². The predicted molar refractivity (Wildman–Crippen MR) is 53.6 cm³/mol. The number of rotatable bonds is 7. The van der Waals surface area contributed by atoms with Crippen LogP contribution in [0.4, 0.5) is 0 Å². The Morgan fingerprint density at radius 2 is 2.17 bits per heavy atom. The number of carboxylic acids is 1. The van der Waals surface area contributed by atoms with Crippen LogP contribution in [0.2, 0.25) is 0 Å². The third-order valence-electron chi connectivity index (χ3n) is 1.68. The zero-order valence-corrected chi connectivity index (χ0v) is 8.69. The first-order valence-corrected chi connectivity index (χ1v) is 5.64. The highest BCUT2D eigenvalue weighted by atomic mass is 32.2. The van der Waals surface area contributed by atoms with Crippen LogP contribution in [-0.2, 0) is 4.79 Å². The molecular formula is C9H18O2S. The number of aliphatic carboxylic acids is 1. The lowest BCUT2D eigenvalue weighted by Gasteiger charge is -2.04. The lowest BCUT2D eigenvalue weighted by Crippen LogP contribution is -2.11. The summed E-state index contributed by atoms with van der Waals surface area (Å²) in [5, 5.41) is 8.57. The van der Waals surface area contributed by atoms with Crippen LogP contribution in [0, 0.1) is 5.92 Å². The summed E-state index contributed by atoms with van der Waals surface area (Å²) in [4.78, 5) is 10.4. The second-order valence-electron chi connectivity index (χ2n) is 3.02. The molecule has 0 aliphatic carbocycles. The molecule has 72 valence electrons. The maximum atomic E-state index is 10.4. The van der Waals surface area contributed by atoms with Crippen molar-refractivity contribution in [2.24, 2.45) is 5.92 Å². The molecule has 0 aromatic carbocycles. The number of unbranched alkanes of at least 4 members (excludes halogenated alkanes) is 2. The molecule has 3 heteroatoms. The summed E-state index contributed by atoms with van der Waals surface area (Å²) in [6, 6.07) is 0. The minimum atomic E-state index is -0.682. The fourth-order valence-corrected chi connectivity index (χ4v) is 1.86. The van der Waals surface area contributed by atoms with Gasteiger partial charge in [0.15, 0.2) is 0 Å². The molecule has 0 heterocycles. The number of carboxylic acid groups (broad SMARTS) is 1. The van der Waals surface area contributed by atoms with Gasteiger partial charge in [0.05, 0.1) is 5.92 Å². The van der Waals surface area contributed by atoms with Crippen molar-refractivity contribution in [3.8, 4) is 0 Å². The maximum absolute atomic E-state index is 10.4. The summed E-state index contributed by atoms with van der Waals surface area (Å²) in [5.74, 6) is 0.972. The van der Waals surface area contributed by atoms with Crippen molar-refractivity contribution in [1.82, 2.24) is 0 Å². The summed E-state index contributed by atoms with van der Waals surface area (Å²) < 4.78 is 0. The zero-order valence-electron chi connectivity index (χ0n) is 7.88. The highest BCUT2D eigenvalue weighted by Gasteiger charge is 2.09. The smallest absolute Gasteiger partial charge is 0.307 e. The molecule has 0 saturated heterocycles. The number of thioether (sulfide) groups is 1. The minimum absolute atomic E-state index is 0.198. The largest absolute Gasteiger partial charge is 0.481 e. The average Bonchev–Trinajstić information content (AvgIpc) is 2.03. The van der Waals surface area contributed by atoms with Gasteiger partial charge in [-0.25, -0.2) is 0 Å². The van der Waals surface area contributed by atoms with E-state index < -0.39 is 5.97 Å². The summed E-state index contributed by atoms with van der Waals surface area (Å²) in [7, 11) is 0. The Hall–Kier alpha value is -0.180. The van der Waals surface area contributed by atoms with E-state index in [-0.39, 0.29) is 5.92 Å². The Kier molecular flexibility index (Phi) is 7.36. The van der Waals surface area contributed by atoms with Gasteiger partial charge in [-0.1, -0.05) is 26.7 Å². The van der Waals surface area contributed by atoms with Crippen molar-refractivity contribution in [1.29, 1.82) is 0 Å². The Labute approximate surface area is 78.7 Å². The second kappa shape index (κ2) is 7.47. The van der Waals surface area contributed by atoms with E-state index in [1.807, 2.05) is 0 Å². The highest BCUT2D eigenvalue weighted by Crippen LogP contribution is 2.11. The van der Waals surface area contributed by atoms with Crippen molar-refractivity contribution in [3.05, 3.63) is 0 Å². The van der Waals surface area contributed by atoms with E-state index in [2.05, 4.69) is 6.92 Å². The first-order chi connectivity index (χ1) is 5.68. The number of hydrogen-bond acceptors (Lipinski definition) is 2. The molecule has 0 fully saturated rings. The molecule has 0 radical (unpaired) electrons. The van der Waals surface area contributed by atoms with Gasteiger partial charge in [-0.05, 0) is 12.2 Å². The minimum Gasteiger partial charge on any atom is -0.481 e. The average molecular weight is 190 g/mol. The monoisotopic (exact) mass is 190 g/mol. The fourth-order valence-electron chi connectivity index (χ4n) is 0.786. The molecule has 12 heavy (non-hydrogen) atoms. The first-order valence-electron chi connectivity index (χ1n) is 4.49. The molecular weight excluding hydrogens is 172 g/mol. The Bertz CT molecular complexity index is 126. The topological polar surface area (TPSA) is 37.3 Å². The van der Waals surface area contributed by atoms with Crippen molar-refractivity contribution >= 4 is 17.7 Å². The molecule has 0 saturated carbocycles. The Balaban J connectivity index is 3.14.